The van der Waals surface area contributed by atoms with Crippen molar-refractivity contribution in [1.29, 1.82) is 0 Å². The highest BCUT2D eigenvalue weighted by atomic mass is 35.5. The summed E-state index contributed by atoms with van der Waals surface area (Å²) in [6.45, 7) is 1.33. The zero-order valence-corrected chi connectivity index (χ0v) is 18.1. The van der Waals surface area contributed by atoms with Gasteiger partial charge in [-0.2, -0.15) is 4.98 Å². The maximum absolute atomic E-state index is 16.0. The molecule has 2 fully saturated rings. The Kier molecular flexibility index (Phi) is 4.57. The number of phenols is 1. The molecule has 3 heterocycles. The van der Waals surface area contributed by atoms with Gasteiger partial charge in [-0.25, -0.2) is 13.6 Å². The highest BCUT2D eigenvalue weighted by Crippen LogP contribution is 2.42. The van der Waals surface area contributed by atoms with Gasteiger partial charge in [-0.15, -0.1) is 0 Å². The van der Waals surface area contributed by atoms with Crippen molar-refractivity contribution in [3.63, 3.8) is 0 Å². The topological polar surface area (TPSA) is 81.2 Å². The van der Waals surface area contributed by atoms with Crippen molar-refractivity contribution < 1.29 is 13.9 Å². The summed E-state index contributed by atoms with van der Waals surface area (Å²) in [5, 5.41) is 14.7. The molecule has 2 atom stereocenters. The Bertz CT molecular complexity index is 1490. The van der Waals surface area contributed by atoms with E-state index in [1.165, 1.54) is 6.07 Å². The molecule has 0 amide bonds. The lowest BCUT2D eigenvalue weighted by Crippen LogP contribution is -2.51. The Morgan fingerprint density at radius 3 is 2.45 bits per heavy atom. The Hall–Kier alpha value is -3.23. The Labute approximate surface area is 191 Å². The Morgan fingerprint density at radius 1 is 1.03 bits per heavy atom. The number of nitrogens with one attached hydrogen (secondary N) is 2. The summed E-state index contributed by atoms with van der Waals surface area (Å²) in [6.07, 6.45) is 2.09. The van der Waals surface area contributed by atoms with Gasteiger partial charge < -0.3 is 20.3 Å². The van der Waals surface area contributed by atoms with Crippen molar-refractivity contribution in [1.82, 2.24) is 15.3 Å². The second kappa shape index (κ2) is 7.40. The number of phenolic OH excluding ortho intramolecular Hbond substituents is 1. The number of benzene rings is 3. The molecule has 4 aromatic rings. The van der Waals surface area contributed by atoms with Crippen LogP contribution in [0.25, 0.3) is 32.8 Å². The second-order valence-corrected chi connectivity index (χ2v) is 9.09. The van der Waals surface area contributed by atoms with Crippen LogP contribution in [0.4, 0.5) is 14.6 Å². The third-order valence-corrected chi connectivity index (χ3v) is 6.94. The smallest absolute Gasteiger partial charge is 0.347 e. The molecule has 6 rings (SSSR count). The number of fused-ring (bicyclic) bond motifs is 4. The molecule has 2 bridgehead atoms. The van der Waals surface area contributed by atoms with Gasteiger partial charge in [-0.1, -0.05) is 35.9 Å². The average molecular weight is 469 g/mol. The SMILES string of the molecule is O=c1nc(N2CC3CCC(C2)N3)c2cc(Cl)c(-c3cc(O)c(F)c4ccccc34)c(F)c2[nH]1. The molecule has 0 aliphatic carbocycles. The predicted octanol–water partition coefficient (Wildman–Crippen LogP) is 4.32. The highest BCUT2D eigenvalue weighted by Gasteiger charge is 2.34. The van der Waals surface area contributed by atoms with Gasteiger partial charge >= 0.3 is 5.69 Å². The molecule has 1 aromatic heterocycles. The van der Waals surface area contributed by atoms with E-state index in [-0.39, 0.29) is 27.1 Å². The molecule has 33 heavy (non-hydrogen) atoms. The van der Waals surface area contributed by atoms with Crippen LogP contribution in [0.3, 0.4) is 0 Å². The molecule has 2 aliphatic heterocycles. The first-order valence-electron chi connectivity index (χ1n) is 10.7. The third kappa shape index (κ3) is 3.16. The minimum absolute atomic E-state index is 0.0242. The molecule has 3 aromatic carbocycles. The van der Waals surface area contributed by atoms with Crippen molar-refractivity contribution in [2.75, 3.05) is 18.0 Å². The molecule has 2 saturated heterocycles. The van der Waals surface area contributed by atoms with E-state index in [4.69, 9.17) is 11.6 Å². The zero-order chi connectivity index (χ0) is 22.9. The predicted molar refractivity (Wildman–Crippen MR) is 124 cm³/mol. The van der Waals surface area contributed by atoms with Crippen LogP contribution >= 0.6 is 11.6 Å². The molecular weight excluding hydrogens is 450 g/mol. The normalized spacial score (nSPS) is 20.2. The molecule has 0 radical (unpaired) electrons. The van der Waals surface area contributed by atoms with Gasteiger partial charge in [-0.3, -0.25) is 0 Å². The van der Waals surface area contributed by atoms with E-state index in [1.54, 1.807) is 24.3 Å². The molecule has 2 unspecified atom stereocenters. The maximum Gasteiger partial charge on any atom is 0.347 e. The van der Waals surface area contributed by atoms with E-state index >= 15 is 4.39 Å². The van der Waals surface area contributed by atoms with Crippen LogP contribution in [0.2, 0.25) is 5.02 Å². The molecule has 3 N–H and O–H groups in total. The van der Waals surface area contributed by atoms with Crippen LogP contribution in [0.1, 0.15) is 12.8 Å². The van der Waals surface area contributed by atoms with Crippen LogP contribution in [0.15, 0.2) is 41.2 Å². The Morgan fingerprint density at radius 2 is 1.73 bits per heavy atom. The quantitative estimate of drug-likeness (QED) is 0.408. The van der Waals surface area contributed by atoms with E-state index in [0.29, 0.717) is 41.8 Å². The summed E-state index contributed by atoms with van der Waals surface area (Å²) >= 11 is 6.59. The van der Waals surface area contributed by atoms with E-state index in [2.05, 4.69) is 15.3 Å². The van der Waals surface area contributed by atoms with Crippen LogP contribution in [0, 0.1) is 11.6 Å². The molecule has 2 aliphatic rings. The number of piperazine rings is 1. The third-order valence-electron chi connectivity index (χ3n) is 6.64. The number of rotatable bonds is 2. The molecular formula is C24H19ClF2N4O2. The summed E-state index contributed by atoms with van der Waals surface area (Å²) in [5.74, 6) is -1.77. The van der Waals surface area contributed by atoms with E-state index in [0.717, 1.165) is 18.9 Å². The molecule has 0 saturated carbocycles. The fraction of sp³-hybridized carbons (Fsp3) is 0.250. The summed E-state index contributed by atoms with van der Waals surface area (Å²) in [5.41, 5.74) is -0.484. The first kappa shape index (κ1) is 20.4. The number of anilines is 1. The number of hydrogen-bond donors (Lipinski definition) is 3. The largest absolute Gasteiger partial charge is 0.505 e. The lowest BCUT2D eigenvalue weighted by molar-refractivity contribution is 0.436. The summed E-state index contributed by atoms with van der Waals surface area (Å²) in [4.78, 5) is 21.1. The van der Waals surface area contributed by atoms with Crippen LogP contribution in [0.5, 0.6) is 5.75 Å². The first-order chi connectivity index (χ1) is 15.9. The van der Waals surface area contributed by atoms with Gasteiger partial charge in [0.2, 0.25) is 0 Å². The van der Waals surface area contributed by atoms with Crippen LogP contribution < -0.4 is 15.9 Å². The summed E-state index contributed by atoms with van der Waals surface area (Å²) in [7, 11) is 0. The maximum atomic E-state index is 16.0. The van der Waals surface area contributed by atoms with Gasteiger partial charge in [0.05, 0.1) is 10.5 Å². The van der Waals surface area contributed by atoms with Gasteiger partial charge in [0.15, 0.2) is 17.4 Å². The van der Waals surface area contributed by atoms with Crippen molar-refractivity contribution in [2.45, 2.75) is 24.9 Å². The van der Waals surface area contributed by atoms with Crippen molar-refractivity contribution in [2.24, 2.45) is 0 Å². The lowest BCUT2D eigenvalue weighted by atomic mass is 9.95. The van der Waals surface area contributed by atoms with Crippen LogP contribution in [-0.2, 0) is 0 Å². The number of halogens is 3. The number of H-pyrrole nitrogens is 1. The zero-order valence-electron chi connectivity index (χ0n) is 17.3. The second-order valence-electron chi connectivity index (χ2n) is 8.68. The summed E-state index contributed by atoms with van der Waals surface area (Å²) in [6, 6.07) is 9.78. The lowest BCUT2D eigenvalue weighted by Gasteiger charge is -2.34. The number of aromatic hydroxyl groups is 1. The fourth-order valence-electron chi connectivity index (χ4n) is 5.20. The first-order valence-corrected chi connectivity index (χ1v) is 11.1. The fourth-order valence-corrected chi connectivity index (χ4v) is 5.49. The van der Waals surface area contributed by atoms with Gasteiger partial charge in [0, 0.05) is 41.5 Å². The van der Waals surface area contributed by atoms with E-state index in [9.17, 15) is 14.3 Å². The Balaban J connectivity index is 1.60. The highest BCUT2D eigenvalue weighted by molar-refractivity contribution is 6.35. The van der Waals surface area contributed by atoms with Crippen molar-refractivity contribution in [3.8, 4) is 16.9 Å². The van der Waals surface area contributed by atoms with E-state index < -0.39 is 23.1 Å². The minimum atomic E-state index is -0.792. The number of aromatic nitrogens is 2. The summed E-state index contributed by atoms with van der Waals surface area (Å²) < 4.78 is 30.5. The van der Waals surface area contributed by atoms with Crippen molar-refractivity contribution >= 4 is 39.1 Å². The van der Waals surface area contributed by atoms with Gasteiger partial charge in [0.1, 0.15) is 5.82 Å². The molecule has 6 nitrogen and oxygen atoms in total. The minimum Gasteiger partial charge on any atom is -0.505 e. The van der Waals surface area contributed by atoms with Gasteiger partial charge in [-0.05, 0) is 35.9 Å². The van der Waals surface area contributed by atoms with E-state index in [1.807, 2.05) is 4.90 Å². The monoisotopic (exact) mass is 468 g/mol. The molecule has 168 valence electrons. The van der Waals surface area contributed by atoms with Crippen molar-refractivity contribution in [3.05, 3.63) is 63.5 Å². The molecule has 0 spiro atoms. The number of hydrogen-bond acceptors (Lipinski definition) is 5. The number of aromatic amines is 1. The van der Waals surface area contributed by atoms with Crippen LogP contribution in [-0.4, -0.2) is 40.2 Å². The average Bonchev–Trinajstić information content (AvgIpc) is 3.14. The number of nitrogens with zero attached hydrogens (tertiary/aromatic N) is 2. The van der Waals surface area contributed by atoms with Gasteiger partial charge in [0.25, 0.3) is 0 Å². The standard InChI is InChI=1S/C24H19ClF2N4O2/c25-17-7-16-22(29-24(33)30-23(16)31-9-11-5-6-12(10-31)28-11)21(27)19(17)15-8-18(32)20(26)14-4-2-1-3-13(14)15/h1-4,7-8,11-12,28,32H,5-6,9-10H2,(H,29,30,33). The molecule has 9 heteroatoms.